The Bertz CT molecular complexity index is 695. The van der Waals surface area contributed by atoms with E-state index in [-0.39, 0.29) is 18.5 Å². The molecule has 0 unspecified atom stereocenters. The van der Waals surface area contributed by atoms with E-state index in [9.17, 15) is 9.59 Å². The van der Waals surface area contributed by atoms with Crippen LogP contribution >= 0.6 is 11.3 Å². The van der Waals surface area contributed by atoms with Crippen molar-refractivity contribution >= 4 is 28.2 Å². The summed E-state index contributed by atoms with van der Waals surface area (Å²) in [5.41, 5.74) is 0.782. The zero-order chi connectivity index (χ0) is 14.1. The third kappa shape index (κ3) is 2.35. The summed E-state index contributed by atoms with van der Waals surface area (Å²) in [6.45, 7) is 1.59. The zero-order valence-corrected chi connectivity index (χ0v) is 11.3. The molecule has 1 aliphatic heterocycles. The van der Waals surface area contributed by atoms with Gasteiger partial charge in [-0.05, 0) is 18.2 Å². The molecule has 0 atom stereocenters. The van der Waals surface area contributed by atoms with E-state index >= 15 is 0 Å². The Hall–Kier alpha value is -2.41. The minimum absolute atomic E-state index is 0.134. The molecule has 0 fully saturated rings. The molecule has 0 aliphatic carbocycles. The SMILES string of the molecule is CC(=O)c1csc(NC(=O)c2ccc3c(c2)OCO3)n1. The summed E-state index contributed by atoms with van der Waals surface area (Å²) >= 11 is 1.21. The van der Waals surface area contributed by atoms with Gasteiger partial charge in [-0.2, -0.15) is 0 Å². The first-order valence-electron chi connectivity index (χ1n) is 5.81. The minimum Gasteiger partial charge on any atom is -0.454 e. The van der Waals surface area contributed by atoms with Gasteiger partial charge >= 0.3 is 0 Å². The lowest BCUT2D eigenvalue weighted by Crippen LogP contribution is -2.11. The number of anilines is 1. The summed E-state index contributed by atoms with van der Waals surface area (Å²) in [4.78, 5) is 27.2. The predicted molar refractivity (Wildman–Crippen MR) is 72.6 cm³/mol. The fraction of sp³-hybridized carbons (Fsp3) is 0.154. The molecule has 20 heavy (non-hydrogen) atoms. The third-order valence-corrected chi connectivity index (χ3v) is 3.48. The molecule has 2 aromatic rings. The highest BCUT2D eigenvalue weighted by Gasteiger charge is 2.17. The molecule has 1 amide bonds. The number of benzene rings is 1. The number of nitrogens with zero attached hydrogens (tertiary/aromatic N) is 1. The Morgan fingerprint density at radius 3 is 2.85 bits per heavy atom. The number of Topliss-reactive ketones (excluding diaryl/α,β-unsaturated/α-hetero) is 1. The second kappa shape index (κ2) is 4.93. The van der Waals surface area contributed by atoms with Gasteiger partial charge in [0.25, 0.3) is 5.91 Å². The number of carbonyl (C=O) groups is 2. The fourth-order valence-electron chi connectivity index (χ4n) is 1.70. The third-order valence-electron chi connectivity index (χ3n) is 2.72. The highest BCUT2D eigenvalue weighted by molar-refractivity contribution is 7.14. The maximum Gasteiger partial charge on any atom is 0.257 e. The number of rotatable bonds is 3. The molecule has 0 saturated heterocycles. The van der Waals surface area contributed by atoms with Crippen LogP contribution in [0.1, 0.15) is 27.8 Å². The molecule has 7 heteroatoms. The van der Waals surface area contributed by atoms with Crippen LogP contribution in [-0.2, 0) is 0 Å². The lowest BCUT2D eigenvalue weighted by atomic mass is 10.2. The van der Waals surface area contributed by atoms with Crippen LogP contribution < -0.4 is 14.8 Å². The first-order chi connectivity index (χ1) is 9.63. The van der Waals surface area contributed by atoms with Crippen molar-refractivity contribution in [2.45, 2.75) is 6.92 Å². The van der Waals surface area contributed by atoms with Crippen LogP contribution in [0.15, 0.2) is 23.6 Å². The van der Waals surface area contributed by atoms with Crippen LogP contribution in [0.2, 0.25) is 0 Å². The van der Waals surface area contributed by atoms with E-state index in [1.165, 1.54) is 18.3 Å². The van der Waals surface area contributed by atoms with Gasteiger partial charge in [0, 0.05) is 17.9 Å². The molecule has 0 spiro atoms. The first-order valence-corrected chi connectivity index (χ1v) is 6.69. The van der Waals surface area contributed by atoms with E-state index in [1.54, 1.807) is 23.6 Å². The van der Waals surface area contributed by atoms with Crippen molar-refractivity contribution in [3.63, 3.8) is 0 Å². The van der Waals surface area contributed by atoms with E-state index in [1.807, 2.05) is 0 Å². The van der Waals surface area contributed by atoms with Gasteiger partial charge in [-0.1, -0.05) is 0 Å². The van der Waals surface area contributed by atoms with Crippen LogP contribution in [0.4, 0.5) is 5.13 Å². The van der Waals surface area contributed by atoms with Crippen molar-refractivity contribution in [2.24, 2.45) is 0 Å². The molecular weight excluding hydrogens is 280 g/mol. The second-order valence-electron chi connectivity index (χ2n) is 4.12. The van der Waals surface area contributed by atoms with Gasteiger partial charge in [-0.3, -0.25) is 14.9 Å². The number of amides is 1. The maximum atomic E-state index is 12.1. The summed E-state index contributed by atoms with van der Waals surface area (Å²) in [5.74, 6) is 0.716. The van der Waals surface area contributed by atoms with E-state index in [4.69, 9.17) is 9.47 Å². The van der Waals surface area contributed by atoms with Gasteiger partial charge in [0.15, 0.2) is 22.4 Å². The van der Waals surface area contributed by atoms with Crippen LogP contribution in [-0.4, -0.2) is 23.5 Å². The molecule has 1 N–H and O–H groups in total. The molecule has 0 bridgehead atoms. The van der Waals surface area contributed by atoms with Crippen LogP contribution in [0.5, 0.6) is 11.5 Å². The topological polar surface area (TPSA) is 77.5 Å². The monoisotopic (exact) mass is 290 g/mol. The lowest BCUT2D eigenvalue weighted by molar-refractivity contribution is 0.100. The summed E-state index contributed by atoms with van der Waals surface area (Å²) < 4.78 is 10.4. The Kier molecular flexibility index (Phi) is 3.11. The summed E-state index contributed by atoms with van der Waals surface area (Å²) in [7, 11) is 0. The summed E-state index contributed by atoms with van der Waals surface area (Å²) in [6.07, 6.45) is 0. The van der Waals surface area contributed by atoms with Crippen molar-refractivity contribution < 1.29 is 19.1 Å². The van der Waals surface area contributed by atoms with Crippen molar-refractivity contribution in [3.05, 3.63) is 34.8 Å². The van der Waals surface area contributed by atoms with Gasteiger partial charge < -0.3 is 9.47 Å². The Morgan fingerprint density at radius 1 is 1.30 bits per heavy atom. The molecule has 102 valence electrons. The maximum absolute atomic E-state index is 12.1. The molecule has 6 nitrogen and oxygen atoms in total. The zero-order valence-electron chi connectivity index (χ0n) is 10.5. The number of hydrogen-bond acceptors (Lipinski definition) is 6. The van der Waals surface area contributed by atoms with E-state index in [0.717, 1.165) is 0 Å². The number of hydrogen-bond donors (Lipinski definition) is 1. The average molecular weight is 290 g/mol. The molecule has 1 aliphatic rings. The highest BCUT2D eigenvalue weighted by Crippen LogP contribution is 2.32. The standard InChI is InChI=1S/C13H10N2O4S/c1-7(16)9-5-20-13(14-9)15-12(17)8-2-3-10-11(4-8)19-6-18-10/h2-5H,6H2,1H3,(H,14,15,17). The average Bonchev–Trinajstić information content (AvgIpc) is 3.05. The van der Waals surface area contributed by atoms with Crippen LogP contribution in [0, 0.1) is 0 Å². The molecule has 1 aromatic heterocycles. The minimum atomic E-state index is -0.312. The molecule has 0 saturated carbocycles. The van der Waals surface area contributed by atoms with E-state index in [0.29, 0.717) is 27.9 Å². The van der Waals surface area contributed by atoms with E-state index < -0.39 is 0 Å². The molecule has 0 radical (unpaired) electrons. The Labute approximate surface area is 118 Å². The Morgan fingerprint density at radius 2 is 2.10 bits per heavy atom. The van der Waals surface area contributed by atoms with Gasteiger partial charge in [-0.15, -0.1) is 11.3 Å². The first kappa shape index (κ1) is 12.6. The number of thiazole rings is 1. The van der Waals surface area contributed by atoms with Gasteiger partial charge in [0.2, 0.25) is 6.79 Å². The smallest absolute Gasteiger partial charge is 0.257 e. The van der Waals surface area contributed by atoms with Gasteiger partial charge in [0.1, 0.15) is 5.69 Å². The fourth-order valence-corrected chi connectivity index (χ4v) is 2.44. The number of ketones is 1. The van der Waals surface area contributed by atoms with Crippen molar-refractivity contribution in [2.75, 3.05) is 12.1 Å². The second-order valence-corrected chi connectivity index (χ2v) is 4.97. The lowest BCUT2D eigenvalue weighted by Gasteiger charge is -2.02. The molecular formula is C13H10N2O4S. The quantitative estimate of drug-likeness (QED) is 0.878. The van der Waals surface area contributed by atoms with Crippen molar-refractivity contribution in [3.8, 4) is 11.5 Å². The van der Waals surface area contributed by atoms with Gasteiger partial charge in [-0.25, -0.2) is 4.98 Å². The van der Waals surface area contributed by atoms with Gasteiger partial charge in [0.05, 0.1) is 0 Å². The summed E-state index contributed by atoms with van der Waals surface area (Å²) in [6, 6.07) is 4.93. The molecule has 1 aromatic carbocycles. The molecule has 2 heterocycles. The predicted octanol–water partition coefficient (Wildman–Crippen LogP) is 2.33. The van der Waals surface area contributed by atoms with Crippen molar-refractivity contribution in [1.82, 2.24) is 4.98 Å². The normalized spacial score (nSPS) is 12.2. The number of fused-ring (bicyclic) bond motifs is 1. The van der Waals surface area contributed by atoms with Crippen LogP contribution in [0.3, 0.4) is 0 Å². The number of aromatic nitrogens is 1. The number of carbonyl (C=O) groups excluding carboxylic acids is 2. The largest absolute Gasteiger partial charge is 0.454 e. The van der Waals surface area contributed by atoms with E-state index in [2.05, 4.69) is 10.3 Å². The number of nitrogens with one attached hydrogen (secondary N) is 1. The number of ether oxygens (including phenoxy) is 2. The van der Waals surface area contributed by atoms with Crippen LogP contribution in [0.25, 0.3) is 0 Å². The Balaban J connectivity index is 1.77. The summed E-state index contributed by atoms with van der Waals surface area (Å²) in [5, 5.41) is 4.64. The highest BCUT2D eigenvalue weighted by atomic mass is 32.1. The van der Waals surface area contributed by atoms with Crippen molar-refractivity contribution in [1.29, 1.82) is 0 Å². The molecule has 3 rings (SSSR count).